The van der Waals surface area contributed by atoms with Crippen LogP contribution in [0.5, 0.6) is 0 Å². The van der Waals surface area contributed by atoms with Crippen molar-refractivity contribution in [3.63, 3.8) is 0 Å². The maximum atomic E-state index is 12.9. The van der Waals surface area contributed by atoms with Crippen molar-refractivity contribution in [1.82, 2.24) is 14.3 Å². The van der Waals surface area contributed by atoms with Crippen LogP contribution in [0.3, 0.4) is 0 Å². The number of rotatable bonds is 3. The van der Waals surface area contributed by atoms with E-state index in [2.05, 4.69) is 9.71 Å². The lowest BCUT2D eigenvalue weighted by atomic mass is 9.54. The molecule has 0 atom stereocenters. The van der Waals surface area contributed by atoms with Gasteiger partial charge < -0.3 is 4.57 Å². The van der Waals surface area contributed by atoms with E-state index in [1.54, 1.807) is 6.20 Å². The molecule has 4 fully saturated rings. The van der Waals surface area contributed by atoms with Gasteiger partial charge in [0.05, 0.1) is 6.20 Å². The van der Waals surface area contributed by atoms with Gasteiger partial charge >= 0.3 is 0 Å². The highest BCUT2D eigenvalue weighted by atomic mass is 32.2. The fourth-order valence-corrected chi connectivity index (χ4v) is 7.34. The highest BCUT2D eigenvalue weighted by molar-refractivity contribution is 7.89. The van der Waals surface area contributed by atoms with Crippen LogP contribution in [0.2, 0.25) is 0 Å². The molecule has 6 rings (SSSR count). The molecule has 1 aliphatic heterocycles. The van der Waals surface area contributed by atoms with E-state index in [9.17, 15) is 8.42 Å². The lowest BCUT2D eigenvalue weighted by molar-refractivity contribution is -0.00561. The number of hydrogen-bond acceptors (Lipinski definition) is 3. The highest BCUT2D eigenvalue weighted by Gasteiger charge is 2.49. The van der Waals surface area contributed by atoms with Crippen molar-refractivity contribution in [1.29, 1.82) is 0 Å². The van der Waals surface area contributed by atoms with Crippen molar-refractivity contribution in [3.05, 3.63) is 12.0 Å². The third kappa shape index (κ3) is 1.92. The summed E-state index contributed by atoms with van der Waals surface area (Å²) in [5.74, 6) is 3.77. The second-order valence-electron chi connectivity index (χ2n) is 7.85. The summed E-state index contributed by atoms with van der Waals surface area (Å²) >= 11 is 0. The summed E-state index contributed by atoms with van der Waals surface area (Å²) in [6, 6.07) is 0.158. The zero-order valence-corrected chi connectivity index (χ0v) is 13.6. The predicted molar refractivity (Wildman–Crippen MR) is 81.7 cm³/mol. The van der Waals surface area contributed by atoms with Gasteiger partial charge in [0.15, 0.2) is 5.03 Å². The van der Waals surface area contributed by atoms with Gasteiger partial charge in [-0.15, -0.1) is 0 Å². The van der Waals surface area contributed by atoms with Crippen LogP contribution in [0.1, 0.15) is 44.3 Å². The average molecular weight is 321 g/mol. The topological polar surface area (TPSA) is 64.0 Å². The van der Waals surface area contributed by atoms with Crippen molar-refractivity contribution >= 4 is 10.0 Å². The molecule has 0 radical (unpaired) electrons. The van der Waals surface area contributed by atoms with Crippen LogP contribution in [0.4, 0.5) is 0 Å². The Bertz CT molecular complexity index is 681. The molecule has 0 unspecified atom stereocenters. The minimum atomic E-state index is -3.44. The van der Waals surface area contributed by atoms with Crippen molar-refractivity contribution in [2.45, 2.75) is 62.6 Å². The molecule has 6 heteroatoms. The molecule has 120 valence electrons. The second-order valence-corrected chi connectivity index (χ2v) is 9.51. The van der Waals surface area contributed by atoms with E-state index in [-0.39, 0.29) is 6.04 Å². The Kier molecular flexibility index (Phi) is 2.81. The number of aromatic nitrogens is 2. The molecule has 5 aliphatic rings. The summed E-state index contributed by atoms with van der Waals surface area (Å²) in [7, 11) is -3.44. The number of aryl methyl sites for hydroxylation is 1. The Balaban J connectivity index is 1.43. The summed E-state index contributed by atoms with van der Waals surface area (Å²) in [4.78, 5) is 4.29. The zero-order chi connectivity index (χ0) is 14.9. The molecule has 0 amide bonds. The number of fused-ring (bicyclic) bond motifs is 1. The Labute approximate surface area is 131 Å². The molecule has 22 heavy (non-hydrogen) atoms. The SMILES string of the molecule is O=S(=O)(NC1C2CC3CC(C2)CC1C3)c1cnc2n1CCC2. The Morgan fingerprint density at radius 2 is 1.77 bits per heavy atom. The van der Waals surface area contributed by atoms with Gasteiger partial charge in [0.25, 0.3) is 10.0 Å². The van der Waals surface area contributed by atoms with Gasteiger partial charge in [-0.05, 0) is 62.2 Å². The summed E-state index contributed by atoms with van der Waals surface area (Å²) in [5.41, 5.74) is 0. The fraction of sp³-hybridized carbons (Fsp3) is 0.812. The average Bonchev–Trinajstić information content (AvgIpc) is 3.04. The van der Waals surface area contributed by atoms with Crippen molar-refractivity contribution in [3.8, 4) is 0 Å². The molecular formula is C16H23N3O2S. The van der Waals surface area contributed by atoms with Crippen LogP contribution in [0.15, 0.2) is 11.2 Å². The minimum Gasteiger partial charge on any atom is -0.318 e. The molecule has 0 saturated heterocycles. The van der Waals surface area contributed by atoms with Crippen LogP contribution >= 0.6 is 0 Å². The van der Waals surface area contributed by atoms with Gasteiger partial charge in [0.2, 0.25) is 0 Å². The second kappa shape index (κ2) is 4.57. The van der Waals surface area contributed by atoms with Crippen LogP contribution in [-0.2, 0) is 23.0 Å². The number of sulfonamides is 1. The Morgan fingerprint density at radius 3 is 2.45 bits per heavy atom. The number of imidazole rings is 1. The molecule has 4 saturated carbocycles. The van der Waals surface area contributed by atoms with E-state index in [0.717, 1.165) is 37.0 Å². The molecule has 4 aliphatic carbocycles. The van der Waals surface area contributed by atoms with Crippen LogP contribution < -0.4 is 4.72 Å². The molecule has 0 spiro atoms. The smallest absolute Gasteiger partial charge is 0.258 e. The molecule has 1 N–H and O–H groups in total. The monoisotopic (exact) mass is 321 g/mol. The molecule has 1 aromatic heterocycles. The van der Waals surface area contributed by atoms with Gasteiger partial charge in [-0.3, -0.25) is 0 Å². The minimum absolute atomic E-state index is 0.158. The maximum Gasteiger partial charge on any atom is 0.258 e. The summed E-state index contributed by atoms with van der Waals surface area (Å²) in [6.45, 7) is 0.785. The number of nitrogens with one attached hydrogen (secondary N) is 1. The molecule has 0 aromatic carbocycles. The lowest BCUT2D eigenvalue weighted by Crippen LogP contribution is -2.55. The van der Waals surface area contributed by atoms with E-state index in [0.29, 0.717) is 16.9 Å². The number of hydrogen-bond donors (Lipinski definition) is 1. The largest absolute Gasteiger partial charge is 0.318 e. The first kappa shape index (κ1) is 13.5. The van der Waals surface area contributed by atoms with E-state index >= 15 is 0 Å². The summed E-state index contributed by atoms with van der Waals surface area (Å²) in [5, 5.41) is 0.383. The third-order valence-corrected chi connectivity index (χ3v) is 7.94. The van der Waals surface area contributed by atoms with Gasteiger partial charge in [-0.1, -0.05) is 0 Å². The molecular weight excluding hydrogens is 298 g/mol. The molecule has 5 nitrogen and oxygen atoms in total. The zero-order valence-electron chi connectivity index (χ0n) is 12.7. The van der Waals surface area contributed by atoms with Crippen molar-refractivity contribution in [2.75, 3.05) is 0 Å². The van der Waals surface area contributed by atoms with Crippen LogP contribution in [0.25, 0.3) is 0 Å². The maximum absolute atomic E-state index is 12.9. The van der Waals surface area contributed by atoms with Crippen LogP contribution in [0, 0.1) is 23.7 Å². The Hall–Kier alpha value is -0.880. The molecule has 1 aromatic rings. The molecule has 2 heterocycles. The normalized spacial score (nSPS) is 39.4. The van der Waals surface area contributed by atoms with Gasteiger partial charge in [0, 0.05) is 19.0 Å². The molecule has 4 bridgehead atoms. The van der Waals surface area contributed by atoms with E-state index < -0.39 is 10.0 Å². The van der Waals surface area contributed by atoms with E-state index in [4.69, 9.17) is 0 Å². The van der Waals surface area contributed by atoms with Gasteiger partial charge in [-0.25, -0.2) is 18.1 Å². The first-order valence-corrected chi connectivity index (χ1v) is 10.2. The third-order valence-electron chi connectivity index (χ3n) is 6.48. The van der Waals surface area contributed by atoms with Crippen molar-refractivity contribution in [2.24, 2.45) is 23.7 Å². The number of nitrogens with zero attached hydrogens (tertiary/aromatic N) is 2. The first-order chi connectivity index (χ1) is 10.6. The first-order valence-electron chi connectivity index (χ1n) is 8.67. The Morgan fingerprint density at radius 1 is 1.09 bits per heavy atom. The van der Waals surface area contributed by atoms with Crippen molar-refractivity contribution < 1.29 is 8.42 Å². The summed E-state index contributed by atoms with van der Waals surface area (Å²) < 4.78 is 30.7. The van der Waals surface area contributed by atoms with Crippen LogP contribution in [-0.4, -0.2) is 24.0 Å². The quantitative estimate of drug-likeness (QED) is 0.925. The predicted octanol–water partition coefficient (Wildman–Crippen LogP) is 1.93. The lowest BCUT2D eigenvalue weighted by Gasteiger charge is -2.54. The van der Waals surface area contributed by atoms with E-state index in [1.807, 2.05) is 4.57 Å². The highest BCUT2D eigenvalue weighted by Crippen LogP contribution is 2.53. The van der Waals surface area contributed by atoms with Gasteiger partial charge in [-0.2, -0.15) is 0 Å². The summed E-state index contributed by atoms with van der Waals surface area (Å²) in [6.07, 6.45) is 9.75. The standard InChI is InChI=1S/C16H23N3O2S/c20-22(21,15-9-17-14-2-1-3-19(14)15)18-16-12-5-10-4-11(7-12)8-13(16)6-10/h9-13,16,18H,1-8H2. The van der Waals surface area contributed by atoms with Gasteiger partial charge in [0.1, 0.15) is 5.82 Å². The fourth-order valence-electron chi connectivity index (χ4n) is 5.80. The van der Waals surface area contributed by atoms with E-state index in [1.165, 1.54) is 32.1 Å².